The van der Waals surface area contributed by atoms with E-state index in [0.717, 1.165) is 0 Å². The predicted octanol–water partition coefficient (Wildman–Crippen LogP) is 1.39. The first-order valence-corrected chi connectivity index (χ1v) is 4.81. The number of aliphatic hydroxyl groups excluding tert-OH is 1. The third-order valence-electron chi connectivity index (χ3n) is 2.21. The van der Waals surface area contributed by atoms with Crippen molar-refractivity contribution in [3.8, 4) is 0 Å². The summed E-state index contributed by atoms with van der Waals surface area (Å²) in [5.74, 6) is -0.396. The molecule has 0 aliphatic heterocycles. The summed E-state index contributed by atoms with van der Waals surface area (Å²) in [6, 6.07) is 8.77. The number of Topliss-reactive ketones (excluding diaryl/α,β-unsaturated/α-hetero) is 1. The average molecular weight is 214 g/mol. The first-order chi connectivity index (χ1) is 7.79. The Balaban J connectivity index is 2.24. The van der Waals surface area contributed by atoms with Gasteiger partial charge in [0.2, 0.25) is 0 Å². The van der Waals surface area contributed by atoms with Gasteiger partial charge in [0.25, 0.3) is 0 Å². The minimum absolute atomic E-state index is 0.304. The molecule has 0 radical (unpaired) electrons. The molecule has 1 N–H and O–H groups in total. The van der Waals surface area contributed by atoms with Gasteiger partial charge in [-0.05, 0) is 5.56 Å². The molecule has 1 heterocycles. The van der Waals surface area contributed by atoms with Crippen molar-refractivity contribution in [3.63, 3.8) is 0 Å². The molecular weight excluding hydrogens is 204 g/mol. The molecule has 16 heavy (non-hydrogen) atoms. The standard InChI is InChI=1S/C12H10N2O2/c15-11(9-4-2-1-3-5-9)12(16)10-6-13-8-14-7-10/h1-8,11,15H. The van der Waals surface area contributed by atoms with Gasteiger partial charge in [-0.3, -0.25) is 4.79 Å². The summed E-state index contributed by atoms with van der Waals surface area (Å²) in [4.78, 5) is 19.3. The minimum Gasteiger partial charge on any atom is -0.380 e. The number of carbonyl (C=O) groups excluding carboxylic acids is 1. The van der Waals surface area contributed by atoms with Gasteiger partial charge in [0.1, 0.15) is 12.4 Å². The van der Waals surface area contributed by atoms with E-state index in [2.05, 4.69) is 9.97 Å². The van der Waals surface area contributed by atoms with Crippen molar-refractivity contribution >= 4 is 5.78 Å². The van der Waals surface area contributed by atoms with Crippen LogP contribution < -0.4 is 0 Å². The molecule has 2 rings (SSSR count). The van der Waals surface area contributed by atoms with E-state index in [4.69, 9.17) is 0 Å². The number of rotatable bonds is 3. The highest BCUT2D eigenvalue weighted by Crippen LogP contribution is 2.16. The van der Waals surface area contributed by atoms with Crippen LogP contribution >= 0.6 is 0 Å². The molecule has 1 atom stereocenters. The first kappa shape index (κ1) is 10.4. The fourth-order valence-corrected chi connectivity index (χ4v) is 1.37. The quantitative estimate of drug-likeness (QED) is 0.784. The highest BCUT2D eigenvalue weighted by molar-refractivity contribution is 5.99. The van der Waals surface area contributed by atoms with Crippen LogP contribution in [-0.4, -0.2) is 20.9 Å². The normalized spacial score (nSPS) is 12.1. The van der Waals surface area contributed by atoms with Crippen molar-refractivity contribution in [2.75, 3.05) is 0 Å². The molecule has 0 spiro atoms. The third kappa shape index (κ3) is 2.12. The van der Waals surface area contributed by atoms with E-state index < -0.39 is 11.9 Å². The molecule has 4 nitrogen and oxygen atoms in total. The van der Waals surface area contributed by atoms with Crippen molar-refractivity contribution in [3.05, 3.63) is 60.2 Å². The maximum Gasteiger partial charge on any atom is 0.198 e. The van der Waals surface area contributed by atoms with Gasteiger partial charge in [0.05, 0.1) is 5.56 Å². The van der Waals surface area contributed by atoms with E-state index in [1.54, 1.807) is 24.3 Å². The van der Waals surface area contributed by atoms with Crippen LogP contribution in [0.25, 0.3) is 0 Å². The number of carbonyl (C=O) groups is 1. The van der Waals surface area contributed by atoms with Gasteiger partial charge in [0.15, 0.2) is 5.78 Å². The number of nitrogens with zero attached hydrogens (tertiary/aromatic N) is 2. The van der Waals surface area contributed by atoms with E-state index in [1.807, 2.05) is 6.07 Å². The van der Waals surface area contributed by atoms with Crippen LogP contribution in [0.1, 0.15) is 22.0 Å². The number of aliphatic hydroxyl groups is 1. The molecule has 0 saturated carbocycles. The molecule has 1 aromatic carbocycles. The number of hydrogen-bond donors (Lipinski definition) is 1. The van der Waals surface area contributed by atoms with Crippen LogP contribution in [-0.2, 0) is 0 Å². The number of hydrogen-bond acceptors (Lipinski definition) is 4. The summed E-state index contributed by atoms with van der Waals surface area (Å²) in [7, 11) is 0. The topological polar surface area (TPSA) is 63.1 Å². The summed E-state index contributed by atoms with van der Waals surface area (Å²) in [6.45, 7) is 0. The predicted molar refractivity (Wildman–Crippen MR) is 57.8 cm³/mol. The van der Waals surface area contributed by atoms with Gasteiger partial charge in [-0.25, -0.2) is 9.97 Å². The summed E-state index contributed by atoms with van der Waals surface area (Å²) >= 11 is 0. The van der Waals surface area contributed by atoms with Crippen LogP contribution in [0.15, 0.2) is 49.1 Å². The molecule has 0 aliphatic carbocycles. The summed E-state index contributed by atoms with van der Waals surface area (Å²) in [5, 5.41) is 9.84. The monoisotopic (exact) mass is 214 g/mol. The van der Waals surface area contributed by atoms with Gasteiger partial charge in [0, 0.05) is 12.4 Å². The number of benzene rings is 1. The lowest BCUT2D eigenvalue weighted by molar-refractivity contribution is 0.0746. The third-order valence-corrected chi connectivity index (χ3v) is 2.21. The van der Waals surface area contributed by atoms with Crippen LogP contribution in [0.5, 0.6) is 0 Å². The van der Waals surface area contributed by atoms with Gasteiger partial charge in [-0.2, -0.15) is 0 Å². The molecule has 0 aliphatic rings. The van der Waals surface area contributed by atoms with E-state index in [0.29, 0.717) is 11.1 Å². The van der Waals surface area contributed by atoms with Crippen LogP contribution in [0.4, 0.5) is 0 Å². The maximum atomic E-state index is 11.8. The SMILES string of the molecule is O=C(c1cncnc1)C(O)c1ccccc1. The fourth-order valence-electron chi connectivity index (χ4n) is 1.37. The van der Waals surface area contributed by atoms with Gasteiger partial charge < -0.3 is 5.11 Å². The minimum atomic E-state index is -1.16. The Labute approximate surface area is 92.6 Å². The maximum absolute atomic E-state index is 11.8. The Hall–Kier alpha value is -2.07. The molecule has 80 valence electrons. The molecule has 2 aromatic rings. The highest BCUT2D eigenvalue weighted by Gasteiger charge is 2.18. The van der Waals surface area contributed by atoms with Crippen molar-refractivity contribution in [2.24, 2.45) is 0 Å². The lowest BCUT2D eigenvalue weighted by atomic mass is 10.0. The van der Waals surface area contributed by atoms with Gasteiger partial charge >= 0.3 is 0 Å². The zero-order valence-corrected chi connectivity index (χ0v) is 8.45. The summed E-state index contributed by atoms with van der Waals surface area (Å²) in [5.41, 5.74) is 0.871. The van der Waals surface area contributed by atoms with E-state index in [-0.39, 0.29) is 0 Å². The largest absolute Gasteiger partial charge is 0.380 e. The summed E-state index contributed by atoms with van der Waals surface area (Å²) < 4.78 is 0. The van der Waals surface area contributed by atoms with E-state index in [1.165, 1.54) is 18.7 Å². The molecular formula is C12H10N2O2. The van der Waals surface area contributed by atoms with Gasteiger partial charge in [-0.1, -0.05) is 30.3 Å². The molecule has 0 fully saturated rings. The number of ketones is 1. The second-order valence-electron chi connectivity index (χ2n) is 3.30. The Morgan fingerprint density at radius 3 is 2.38 bits per heavy atom. The lowest BCUT2D eigenvalue weighted by Crippen LogP contribution is -2.12. The van der Waals surface area contributed by atoms with E-state index >= 15 is 0 Å². The molecule has 0 bridgehead atoms. The zero-order valence-electron chi connectivity index (χ0n) is 8.45. The lowest BCUT2D eigenvalue weighted by Gasteiger charge is -2.08. The van der Waals surface area contributed by atoms with Crippen molar-refractivity contribution < 1.29 is 9.90 Å². The Bertz CT molecular complexity index is 471. The van der Waals surface area contributed by atoms with Gasteiger partial charge in [-0.15, -0.1) is 0 Å². The Morgan fingerprint density at radius 2 is 1.75 bits per heavy atom. The Kier molecular flexibility index (Phi) is 3.03. The molecule has 1 aromatic heterocycles. The second-order valence-corrected chi connectivity index (χ2v) is 3.30. The van der Waals surface area contributed by atoms with Crippen LogP contribution in [0.3, 0.4) is 0 Å². The van der Waals surface area contributed by atoms with Crippen LogP contribution in [0.2, 0.25) is 0 Å². The number of aromatic nitrogens is 2. The molecule has 0 amide bonds. The molecule has 0 saturated heterocycles. The molecule has 1 unspecified atom stereocenters. The average Bonchev–Trinajstić information content (AvgIpc) is 2.39. The fraction of sp³-hybridized carbons (Fsp3) is 0.0833. The zero-order chi connectivity index (χ0) is 11.4. The smallest absolute Gasteiger partial charge is 0.198 e. The second kappa shape index (κ2) is 4.63. The van der Waals surface area contributed by atoms with Crippen molar-refractivity contribution in [2.45, 2.75) is 6.10 Å². The Morgan fingerprint density at radius 1 is 1.12 bits per heavy atom. The van der Waals surface area contributed by atoms with Crippen LogP contribution in [0, 0.1) is 0 Å². The molecule has 4 heteroatoms. The van der Waals surface area contributed by atoms with Crippen molar-refractivity contribution in [1.29, 1.82) is 0 Å². The van der Waals surface area contributed by atoms with E-state index in [9.17, 15) is 9.90 Å². The highest BCUT2D eigenvalue weighted by atomic mass is 16.3. The summed E-state index contributed by atoms with van der Waals surface area (Å²) in [6.07, 6.45) is 2.96. The van der Waals surface area contributed by atoms with Crippen molar-refractivity contribution in [1.82, 2.24) is 9.97 Å². The first-order valence-electron chi connectivity index (χ1n) is 4.81.